The molecule has 0 saturated carbocycles. The van der Waals surface area contributed by atoms with Gasteiger partial charge >= 0.3 is 6.03 Å². The normalized spacial score (nSPS) is 15.4. The number of nitrogens with zero attached hydrogens (tertiary/aromatic N) is 2. The maximum atomic E-state index is 12.9. The lowest BCUT2D eigenvalue weighted by Gasteiger charge is -2.22. The number of furan rings is 1. The van der Waals surface area contributed by atoms with Gasteiger partial charge in [-0.1, -0.05) is 11.6 Å². The number of rotatable bonds is 4. The van der Waals surface area contributed by atoms with Gasteiger partial charge in [0.2, 0.25) is 5.09 Å². The Kier molecular flexibility index (Phi) is 7.16. The first-order chi connectivity index (χ1) is 14.9. The van der Waals surface area contributed by atoms with Crippen LogP contribution in [0.25, 0.3) is 0 Å². The molecule has 3 rings (SSSR count). The van der Waals surface area contributed by atoms with Gasteiger partial charge in [-0.05, 0) is 63.6 Å². The van der Waals surface area contributed by atoms with Crippen molar-refractivity contribution >= 4 is 39.2 Å². The molecule has 0 unspecified atom stereocenters. The maximum absolute atomic E-state index is 12.9. The van der Waals surface area contributed by atoms with Gasteiger partial charge < -0.3 is 19.5 Å². The number of carbonyl (C=O) groups is 2. The van der Waals surface area contributed by atoms with Gasteiger partial charge in [0.15, 0.2) is 5.76 Å². The average Bonchev–Trinajstić information content (AvgIpc) is 3.07. The lowest BCUT2D eigenvalue weighted by atomic mass is 10.1. The van der Waals surface area contributed by atoms with Crippen molar-refractivity contribution in [3.63, 3.8) is 0 Å². The third kappa shape index (κ3) is 6.24. The smallest absolute Gasteiger partial charge is 0.321 e. The highest BCUT2D eigenvalue weighted by Crippen LogP contribution is 2.19. The Balaban J connectivity index is 1.61. The van der Waals surface area contributed by atoms with Crippen LogP contribution in [0.1, 0.15) is 37.7 Å². The number of hydrogen-bond donors (Lipinski definition) is 2. The topological polar surface area (TPSA) is 112 Å². The van der Waals surface area contributed by atoms with Crippen LogP contribution in [0.2, 0.25) is 5.02 Å². The number of hydrogen-bond acceptors (Lipinski definition) is 5. The lowest BCUT2D eigenvalue weighted by molar-refractivity contribution is 0.0725. The number of halogens is 1. The fourth-order valence-corrected chi connectivity index (χ4v) is 4.73. The van der Waals surface area contributed by atoms with Gasteiger partial charge in [-0.25, -0.2) is 17.9 Å². The summed E-state index contributed by atoms with van der Waals surface area (Å²) in [6.45, 7) is 6.68. The van der Waals surface area contributed by atoms with E-state index in [-0.39, 0.29) is 16.9 Å². The minimum atomic E-state index is -3.88. The number of urea groups is 1. The second-order valence-electron chi connectivity index (χ2n) is 8.54. The van der Waals surface area contributed by atoms with Crippen molar-refractivity contribution in [1.82, 2.24) is 14.5 Å². The van der Waals surface area contributed by atoms with Crippen LogP contribution in [0, 0.1) is 0 Å². The van der Waals surface area contributed by atoms with Crippen molar-refractivity contribution in [2.24, 2.45) is 0 Å². The van der Waals surface area contributed by atoms with Gasteiger partial charge in [-0.15, -0.1) is 0 Å². The van der Waals surface area contributed by atoms with Crippen molar-refractivity contribution in [2.75, 3.05) is 31.5 Å². The Labute approximate surface area is 192 Å². The number of sulfonamides is 1. The molecule has 1 aliphatic heterocycles. The summed E-state index contributed by atoms with van der Waals surface area (Å²) in [6.07, 6.45) is 0.581. The maximum Gasteiger partial charge on any atom is 0.321 e. The van der Waals surface area contributed by atoms with Crippen LogP contribution in [0.4, 0.5) is 10.5 Å². The average molecular weight is 483 g/mol. The van der Waals surface area contributed by atoms with Crippen LogP contribution < -0.4 is 10.0 Å². The quantitative estimate of drug-likeness (QED) is 0.693. The Hall–Kier alpha value is -2.56. The van der Waals surface area contributed by atoms with Crippen molar-refractivity contribution in [1.29, 1.82) is 0 Å². The summed E-state index contributed by atoms with van der Waals surface area (Å²) >= 11 is 5.86. The second-order valence-corrected chi connectivity index (χ2v) is 10.6. The van der Waals surface area contributed by atoms with Crippen molar-refractivity contribution in [2.45, 2.75) is 37.8 Å². The molecule has 0 bridgehead atoms. The number of nitrogens with one attached hydrogen (secondary N) is 2. The molecule has 2 heterocycles. The van der Waals surface area contributed by atoms with E-state index in [0.717, 1.165) is 0 Å². The fourth-order valence-electron chi connectivity index (χ4n) is 3.25. The Morgan fingerprint density at radius 3 is 2.25 bits per heavy atom. The molecule has 174 valence electrons. The molecule has 1 saturated heterocycles. The van der Waals surface area contributed by atoms with E-state index < -0.39 is 21.5 Å². The Bertz CT molecular complexity index is 1080. The number of amides is 3. The van der Waals surface area contributed by atoms with Crippen molar-refractivity contribution < 1.29 is 22.4 Å². The van der Waals surface area contributed by atoms with E-state index in [2.05, 4.69) is 10.0 Å². The van der Waals surface area contributed by atoms with Crippen LogP contribution in [-0.4, -0.2) is 61.9 Å². The minimum Gasteiger partial charge on any atom is -0.438 e. The van der Waals surface area contributed by atoms with Gasteiger partial charge in [-0.3, -0.25) is 4.79 Å². The van der Waals surface area contributed by atoms with Crippen LogP contribution in [0.5, 0.6) is 0 Å². The summed E-state index contributed by atoms with van der Waals surface area (Å²) in [7, 11) is -3.88. The third-order valence-corrected chi connectivity index (χ3v) is 6.55. The monoisotopic (exact) mass is 482 g/mol. The van der Waals surface area contributed by atoms with E-state index in [9.17, 15) is 18.0 Å². The van der Waals surface area contributed by atoms with Gasteiger partial charge in [0.25, 0.3) is 15.9 Å². The SMILES string of the molecule is CC(C)(C)NS(=O)(=O)c1ccc(C(=O)N2CCCN(C(=O)Nc3ccc(Cl)cc3)CC2)o1. The van der Waals surface area contributed by atoms with E-state index >= 15 is 0 Å². The zero-order valence-corrected chi connectivity index (χ0v) is 19.8. The largest absolute Gasteiger partial charge is 0.438 e. The zero-order chi connectivity index (χ0) is 23.5. The molecule has 2 aromatic rings. The number of benzene rings is 1. The highest BCUT2D eigenvalue weighted by molar-refractivity contribution is 7.89. The molecule has 1 aromatic carbocycles. The summed E-state index contributed by atoms with van der Waals surface area (Å²) in [6, 6.07) is 9.17. The summed E-state index contributed by atoms with van der Waals surface area (Å²) in [4.78, 5) is 28.6. The van der Waals surface area contributed by atoms with E-state index in [1.807, 2.05) is 0 Å². The first-order valence-electron chi connectivity index (χ1n) is 10.2. The summed E-state index contributed by atoms with van der Waals surface area (Å²) < 4.78 is 32.7. The van der Waals surface area contributed by atoms with Gasteiger partial charge in [0.05, 0.1) is 0 Å². The minimum absolute atomic E-state index is 0.0571. The molecule has 0 aliphatic carbocycles. The lowest BCUT2D eigenvalue weighted by Crippen LogP contribution is -2.40. The Morgan fingerprint density at radius 2 is 1.59 bits per heavy atom. The molecule has 0 atom stereocenters. The molecule has 1 aromatic heterocycles. The molecule has 0 spiro atoms. The van der Waals surface area contributed by atoms with Gasteiger partial charge in [-0.2, -0.15) is 0 Å². The predicted octanol–water partition coefficient (Wildman–Crippen LogP) is 3.39. The first kappa shape index (κ1) is 24.1. The highest BCUT2D eigenvalue weighted by Gasteiger charge is 2.29. The molecule has 0 radical (unpaired) electrons. The molecule has 11 heteroatoms. The molecular formula is C21H27ClN4O5S. The number of anilines is 1. The van der Waals surface area contributed by atoms with Gasteiger partial charge in [0.1, 0.15) is 0 Å². The summed E-state index contributed by atoms with van der Waals surface area (Å²) in [5, 5.41) is 3.08. The molecule has 1 aliphatic rings. The molecule has 3 amide bonds. The third-order valence-electron chi connectivity index (χ3n) is 4.66. The molecule has 32 heavy (non-hydrogen) atoms. The fraction of sp³-hybridized carbons (Fsp3) is 0.429. The van der Waals surface area contributed by atoms with Crippen molar-refractivity contribution in [3.8, 4) is 0 Å². The molecule has 9 nitrogen and oxygen atoms in total. The van der Waals surface area contributed by atoms with E-state index in [0.29, 0.717) is 43.3 Å². The molecule has 1 fully saturated rings. The van der Waals surface area contributed by atoms with E-state index in [1.165, 1.54) is 12.1 Å². The Morgan fingerprint density at radius 1 is 0.969 bits per heavy atom. The standard InChI is InChI=1S/C21H27ClN4O5S/c1-21(2,3)24-32(29,30)18-10-9-17(31-18)19(27)25-11-4-12-26(14-13-25)20(28)23-16-7-5-15(22)6-8-16/h5-10,24H,4,11-14H2,1-3H3,(H,23,28). The van der Waals surface area contributed by atoms with E-state index in [1.54, 1.807) is 54.8 Å². The van der Waals surface area contributed by atoms with Crippen LogP contribution >= 0.6 is 11.6 Å². The van der Waals surface area contributed by atoms with E-state index in [4.69, 9.17) is 16.0 Å². The van der Waals surface area contributed by atoms with Crippen LogP contribution in [-0.2, 0) is 10.0 Å². The number of carbonyl (C=O) groups excluding carboxylic acids is 2. The van der Waals surface area contributed by atoms with Crippen LogP contribution in [0.15, 0.2) is 45.9 Å². The predicted molar refractivity (Wildman–Crippen MR) is 121 cm³/mol. The highest BCUT2D eigenvalue weighted by atomic mass is 35.5. The first-order valence-corrected chi connectivity index (χ1v) is 12.1. The molecular weight excluding hydrogens is 456 g/mol. The van der Waals surface area contributed by atoms with Gasteiger partial charge in [0, 0.05) is 42.4 Å². The van der Waals surface area contributed by atoms with Crippen LogP contribution in [0.3, 0.4) is 0 Å². The molecule has 2 N–H and O–H groups in total. The summed E-state index contributed by atoms with van der Waals surface area (Å²) in [5.74, 6) is -0.472. The second kappa shape index (κ2) is 9.51. The van der Waals surface area contributed by atoms with Crippen molar-refractivity contribution in [3.05, 3.63) is 47.2 Å². The zero-order valence-electron chi connectivity index (χ0n) is 18.2. The summed E-state index contributed by atoms with van der Waals surface area (Å²) in [5.41, 5.74) is -0.0545.